The predicted molar refractivity (Wildman–Crippen MR) is 98.3 cm³/mol. The van der Waals surface area contributed by atoms with Crippen molar-refractivity contribution in [2.75, 3.05) is 23.7 Å². The van der Waals surface area contributed by atoms with Crippen molar-refractivity contribution in [1.82, 2.24) is 9.47 Å². The maximum Gasteiger partial charge on any atom is 0.238 e. The van der Waals surface area contributed by atoms with Crippen LogP contribution in [0.1, 0.15) is 31.5 Å². The average Bonchev–Trinajstić information content (AvgIpc) is 3.17. The van der Waals surface area contributed by atoms with Gasteiger partial charge < -0.3 is 15.2 Å². The van der Waals surface area contributed by atoms with Crippen LogP contribution in [0.2, 0.25) is 0 Å². The first-order valence-electron chi connectivity index (χ1n) is 8.56. The first kappa shape index (κ1) is 17.2. The molecule has 6 nitrogen and oxygen atoms in total. The molecular weight excluding hydrogens is 316 g/mol. The Morgan fingerprint density at radius 1 is 1.12 bits per heavy atom. The SMILES string of the molecule is CC(=O)Nc1ccc(NC(=O)CN2CCC[C@H]2c2cccn2C)cc1. The Labute approximate surface area is 147 Å². The maximum absolute atomic E-state index is 12.4. The third kappa shape index (κ3) is 4.28. The van der Waals surface area contributed by atoms with Crippen LogP contribution >= 0.6 is 0 Å². The lowest BCUT2D eigenvalue weighted by atomic mass is 10.1. The summed E-state index contributed by atoms with van der Waals surface area (Å²) in [6.07, 6.45) is 4.23. The van der Waals surface area contributed by atoms with Crippen LogP contribution < -0.4 is 10.6 Å². The predicted octanol–water partition coefficient (Wildman–Crippen LogP) is 2.76. The van der Waals surface area contributed by atoms with Gasteiger partial charge in [-0.2, -0.15) is 0 Å². The van der Waals surface area contributed by atoms with Gasteiger partial charge in [-0.15, -0.1) is 0 Å². The van der Waals surface area contributed by atoms with E-state index in [1.54, 1.807) is 24.3 Å². The molecule has 6 heteroatoms. The van der Waals surface area contributed by atoms with Crippen LogP contribution in [0.4, 0.5) is 11.4 Å². The highest BCUT2D eigenvalue weighted by Crippen LogP contribution is 2.31. The van der Waals surface area contributed by atoms with E-state index in [2.05, 4.69) is 26.2 Å². The van der Waals surface area contributed by atoms with E-state index in [1.165, 1.54) is 12.6 Å². The van der Waals surface area contributed by atoms with E-state index < -0.39 is 0 Å². The van der Waals surface area contributed by atoms with Gasteiger partial charge in [0.15, 0.2) is 0 Å². The number of nitrogens with zero attached hydrogens (tertiary/aromatic N) is 2. The third-order valence-electron chi connectivity index (χ3n) is 4.52. The molecule has 1 fully saturated rings. The van der Waals surface area contributed by atoms with Gasteiger partial charge in [0.1, 0.15) is 0 Å². The van der Waals surface area contributed by atoms with E-state index in [0.717, 1.165) is 25.1 Å². The van der Waals surface area contributed by atoms with Crippen molar-refractivity contribution in [3.8, 4) is 0 Å². The molecule has 1 atom stereocenters. The average molecular weight is 340 g/mol. The Kier molecular flexibility index (Phi) is 5.19. The van der Waals surface area contributed by atoms with E-state index in [0.29, 0.717) is 18.3 Å². The molecular formula is C19H24N4O2. The van der Waals surface area contributed by atoms with Gasteiger partial charge in [0.25, 0.3) is 0 Å². The number of amides is 2. The summed E-state index contributed by atoms with van der Waals surface area (Å²) in [5, 5.41) is 5.64. The second kappa shape index (κ2) is 7.53. The number of carbonyl (C=O) groups excluding carboxylic acids is 2. The minimum Gasteiger partial charge on any atom is -0.353 e. The molecule has 1 aromatic carbocycles. The zero-order chi connectivity index (χ0) is 17.8. The first-order chi connectivity index (χ1) is 12.0. The molecule has 2 amide bonds. The van der Waals surface area contributed by atoms with Crippen molar-refractivity contribution in [3.05, 3.63) is 48.3 Å². The van der Waals surface area contributed by atoms with Crippen LogP contribution in [0.3, 0.4) is 0 Å². The molecule has 1 saturated heterocycles. The highest BCUT2D eigenvalue weighted by Gasteiger charge is 2.28. The summed E-state index contributed by atoms with van der Waals surface area (Å²) in [6, 6.07) is 11.6. The topological polar surface area (TPSA) is 66.4 Å². The number of hydrogen-bond donors (Lipinski definition) is 2. The lowest BCUT2D eigenvalue weighted by molar-refractivity contribution is -0.117. The standard InChI is InChI=1S/C19H24N4O2/c1-14(24)20-15-7-9-16(10-8-15)21-19(25)13-23-12-4-6-18(23)17-5-3-11-22(17)2/h3,5,7-11,18H,4,6,12-13H2,1-2H3,(H,20,24)(H,21,25)/t18-/m0/s1. The second-order valence-electron chi connectivity index (χ2n) is 6.48. The molecule has 132 valence electrons. The Hall–Kier alpha value is -2.60. The molecule has 0 saturated carbocycles. The number of likely N-dealkylation sites (tertiary alicyclic amines) is 1. The fourth-order valence-electron chi connectivity index (χ4n) is 3.40. The fraction of sp³-hybridized carbons (Fsp3) is 0.368. The van der Waals surface area contributed by atoms with Gasteiger partial charge in [0, 0.05) is 37.2 Å². The molecule has 1 aliphatic heterocycles. The number of nitrogens with one attached hydrogen (secondary N) is 2. The summed E-state index contributed by atoms with van der Waals surface area (Å²) < 4.78 is 2.13. The van der Waals surface area contributed by atoms with Crippen LogP contribution in [-0.2, 0) is 16.6 Å². The number of aryl methyl sites for hydroxylation is 1. The van der Waals surface area contributed by atoms with Crippen LogP contribution in [-0.4, -0.2) is 34.4 Å². The Morgan fingerprint density at radius 3 is 2.40 bits per heavy atom. The molecule has 25 heavy (non-hydrogen) atoms. The van der Waals surface area contributed by atoms with Crippen molar-refractivity contribution >= 4 is 23.2 Å². The minimum absolute atomic E-state index is 0.0200. The monoisotopic (exact) mass is 340 g/mol. The summed E-state index contributed by atoms with van der Waals surface area (Å²) >= 11 is 0. The van der Waals surface area contributed by atoms with Crippen molar-refractivity contribution in [3.63, 3.8) is 0 Å². The molecule has 3 rings (SSSR count). The van der Waals surface area contributed by atoms with Crippen LogP contribution in [0, 0.1) is 0 Å². The number of rotatable bonds is 5. The molecule has 0 unspecified atom stereocenters. The number of hydrogen-bond acceptors (Lipinski definition) is 3. The molecule has 0 spiro atoms. The molecule has 2 heterocycles. The molecule has 2 aromatic rings. The van der Waals surface area contributed by atoms with Crippen LogP contribution in [0.25, 0.3) is 0 Å². The maximum atomic E-state index is 12.4. The largest absolute Gasteiger partial charge is 0.353 e. The van der Waals surface area contributed by atoms with Gasteiger partial charge >= 0.3 is 0 Å². The molecule has 2 N–H and O–H groups in total. The zero-order valence-corrected chi connectivity index (χ0v) is 14.7. The van der Waals surface area contributed by atoms with Gasteiger partial charge in [-0.05, 0) is 55.8 Å². The Balaban J connectivity index is 1.58. The van der Waals surface area contributed by atoms with Gasteiger partial charge in [0.05, 0.1) is 12.6 Å². The smallest absolute Gasteiger partial charge is 0.238 e. The fourth-order valence-corrected chi connectivity index (χ4v) is 3.40. The number of benzene rings is 1. The Bertz CT molecular complexity index is 751. The zero-order valence-electron chi connectivity index (χ0n) is 14.7. The van der Waals surface area contributed by atoms with E-state index in [1.807, 2.05) is 19.3 Å². The lowest BCUT2D eigenvalue weighted by Gasteiger charge is -2.24. The quantitative estimate of drug-likeness (QED) is 0.879. The van der Waals surface area contributed by atoms with Gasteiger partial charge in [-0.25, -0.2) is 0 Å². The summed E-state index contributed by atoms with van der Waals surface area (Å²) in [5.41, 5.74) is 2.70. The molecule has 0 bridgehead atoms. The summed E-state index contributed by atoms with van der Waals surface area (Å²) in [5.74, 6) is -0.133. The third-order valence-corrected chi connectivity index (χ3v) is 4.52. The summed E-state index contributed by atoms with van der Waals surface area (Å²) in [6.45, 7) is 2.78. The van der Waals surface area contributed by atoms with E-state index >= 15 is 0 Å². The number of anilines is 2. The molecule has 1 aliphatic rings. The highest BCUT2D eigenvalue weighted by molar-refractivity contribution is 5.93. The van der Waals surface area contributed by atoms with Gasteiger partial charge in [-0.3, -0.25) is 14.5 Å². The highest BCUT2D eigenvalue weighted by atomic mass is 16.2. The second-order valence-corrected chi connectivity index (χ2v) is 6.48. The lowest BCUT2D eigenvalue weighted by Crippen LogP contribution is -2.33. The normalized spacial score (nSPS) is 17.4. The van der Waals surface area contributed by atoms with Crippen LogP contribution in [0.5, 0.6) is 0 Å². The first-order valence-corrected chi connectivity index (χ1v) is 8.56. The molecule has 1 aromatic heterocycles. The summed E-state index contributed by atoms with van der Waals surface area (Å²) in [4.78, 5) is 25.7. The number of aromatic nitrogens is 1. The van der Waals surface area contributed by atoms with Crippen molar-refractivity contribution in [2.45, 2.75) is 25.8 Å². The number of carbonyl (C=O) groups is 2. The van der Waals surface area contributed by atoms with Crippen molar-refractivity contribution in [2.24, 2.45) is 7.05 Å². The summed E-state index contributed by atoms with van der Waals surface area (Å²) in [7, 11) is 2.04. The van der Waals surface area contributed by atoms with Crippen molar-refractivity contribution in [1.29, 1.82) is 0 Å². The molecule has 0 aliphatic carbocycles. The van der Waals surface area contributed by atoms with E-state index in [9.17, 15) is 9.59 Å². The van der Waals surface area contributed by atoms with Crippen molar-refractivity contribution < 1.29 is 9.59 Å². The van der Waals surface area contributed by atoms with E-state index in [-0.39, 0.29) is 11.8 Å². The minimum atomic E-state index is -0.113. The van der Waals surface area contributed by atoms with Crippen LogP contribution in [0.15, 0.2) is 42.6 Å². The van der Waals surface area contributed by atoms with Gasteiger partial charge in [0.2, 0.25) is 11.8 Å². The Morgan fingerprint density at radius 2 is 1.80 bits per heavy atom. The van der Waals surface area contributed by atoms with E-state index in [4.69, 9.17) is 0 Å². The van der Waals surface area contributed by atoms with Gasteiger partial charge in [-0.1, -0.05) is 0 Å². The molecule has 0 radical (unpaired) electrons.